The van der Waals surface area contributed by atoms with Crippen LogP contribution in [0.5, 0.6) is 0 Å². The molecule has 0 saturated carbocycles. The molecule has 106 valence electrons. The number of benzene rings is 1. The summed E-state index contributed by atoms with van der Waals surface area (Å²) in [5.41, 5.74) is 2.63. The molecule has 0 unspecified atom stereocenters. The van der Waals surface area contributed by atoms with Gasteiger partial charge in [0.1, 0.15) is 7.85 Å². The molecule has 0 spiro atoms. The summed E-state index contributed by atoms with van der Waals surface area (Å²) in [4.78, 5) is 0. The number of hydrogen-bond donors (Lipinski definition) is 1. The van der Waals surface area contributed by atoms with E-state index in [1.54, 1.807) is 0 Å². The van der Waals surface area contributed by atoms with Gasteiger partial charge in [0.15, 0.2) is 0 Å². The molecule has 0 heterocycles. The first-order chi connectivity index (χ1) is 9.26. The third kappa shape index (κ3) is 7.30. The minimum Gasteiger partial charge on any atom is -0.382 e. The number of nitrogens with one attached hydrogen (secondary N) is 1. The van der Waals surface area contributed by atoms with Gasteiger partial charge in [0.05, 0.1) is 0 Å². The van der Waals surface area contributed by atoms with Crippen molar-refractivity contribution in [3.63, 3.8) is 0 Å². The highest BCUT2D eigenvalue weighted by Crippen LogP contribution is 2.16. The lowest BCUT2D eigenvalue weighted by atomic mass is 9.95. The van der Waals surface area contributed by atoms with Gasteiger partial charge in [-0.15, -0.1) is 0 Å². The van der Waals surface area contributed by atoms with Crippen LogP contribution in [-0.2, 0) is 0 Å². The van der Waals surface area contributed by atoms with Crippen LogP contribution >= 0.6 is 0 Å². The molecule has 19 heavy (non-hydrogen) atoms. The SMILES string of the molecule is Bc1cccc(NC(CCCCC)CCCCC)c1. The van der Waals surface area contributed by atoms with Crippen LogP contribution in [0.15, 0.2) is 24.3 Å². The fourth-order valence-electron chi connectivity index (χ4n) is 2.54. The van der Waals surface area contributed by atoms with Gasteiger partial charge < -0.3 is 5.32 Å². The third-order valence-electron chi connectivity index (χ3n) is 3.70. The number of hydrogen-bond acceptors (Lipinski definition) is 1. The van der Waals surface area contributed by atoms with Crippen molar-refractivity contribution >= 4 is 19.0 Å². The molecule has 2 heteroatoms. The first-order valence-electron chi connectivity index (χ1n) is 8.09. The molecule has 1 rings (SSSR count). The smallest absolute Gasteiger partial charge is 0.139 e. The summed E-state index contributed by atoms with van der Waals surface area (Å²) in [6.07, 6.45) is 10.7. The summed E-state index contributed by atoms with van der Waals surface area (Å²) in [7, 11) is 2.16. The number of anilines is 1. The van der Waals surface area contributed by atoms with Crippen molar-refractivity contribution < 1.29 is 0 Å². The Labute approximate surface area is 120 Å². The molecule has 0 radical (unpaired) electrons. The Morgan fingerprint density at radius 1 is 1.00 bits per heavy atom. The highest BCUT2D eigenvalue weighted by Gasteiger charge is 2.08. The van der Waals surface area contributed by atoms with E-state index in [4.69, 9.17) is 0 Å². The summed E-state index contributed by atoms with van der Waals surface area (Å²) < 4.78 is 0. The van der Waals surface area contributed by atoms with E-state index >= 15 is 0 Å². The quantitative estimate of drug-likeness (QED) is 0.496. The van der Waals surface area contributed by atoms with Crippen LogP contribution in [0.1, 0.15) is 65.2 Å². The molecule has 0 aliphatic carbocycles. The summed E-state index contributed by atoms with van der Waals surface area (Å²) in [6.45, 7) is 4.56. The van der Waals surface area contributed by atoms with Gasteiger partial charge in [-0.1, -0.05) is 70.0 Å². The van der Waals surface area contributed by atoms with E-state index in [9.17, 15) is 0 Å². The second kappa shape index (κ2) is 9.94. The van der Waals surface area contributed by atoms with Crippen molar-refractivity contribution in [2.75, 3.05) is 5.32 Å². The molecule has 0 aliphatic heterocycles. The van der Waals surface area contributed by atoms with Gasteiger partial charge in [0.2, 0.25) is 0 Å². The van der Waals surface area contributed by atoms with Crippen LogP contribution in [0.25, 0.3) is 0 Å². The highest BCUT2D eigenvalue weighted by molar-refractivity contribution is 6.32. The van der Waals surface area contributed by atoms with Crippen molar-refractivity contribution in [2.45, 2.75) is 71.3 Å². The van der Waals surface area contributed by atoms with Crippen LogP contribution in [0.2, 0.25) is 0 Å². The number of rotatable bonds is 10. The Morgan fingerprint density at radius 3 is 2.16 bits per heavy atom. The monoisotopic (exact) mass is 259 g/mol. The summed E-state index contributed by atoms with van der Waals surface area (Å²) in [5.74, 6) is 0. The second-order valence-corrected chi connectivity index (χ2v) is 5.70. The van der Waals surface area contributed by atoms with E-state index in [0.29, 0.717) is 6.04 Å². The largest absolute Gasteiger partial charge is 0.382 e. The standard InChI is InChI=1S/C17H30BN/c1-3-5-7-11-16(12-8-6-4-2)19-17-13-9-10-15(18)14-17/h9-10,13-14,16,19H,3-8,11-12,18H2,1-2H3. The summed E-state index contributed by atoms with van der Waals surface area (Å²) >= 11 is 0. The van der Waals surface area contributed by atoms with Crippen LogP contribution in [0, 0.1) is 0 Å². The molecule has 0 aliphatic rings. The average Bonchev–Trinajstić information content (AvgIpc) is 2.39. The van der Waals surface area contributed by atoms with E-state index in [1.165, 1.54) is 62.5 Å². The predicted octanol–water partition coefficient (Wildman–Crippen LogP) is 3.89. The molecule has 0 amide bonds. The van der Waals surface area contributed by atoms with Crippen molar-refractivity contribution in [2.24, 2.45) is 0 Å². The van der Waals surface area contributed by atoms with Crippen LogP contribution in [0.4, 0.5) is 5.69 Å². The van der Waals surface area contributed by atoms with Crippen molar-refractivity contribution in [1.29, 1.82) is 0 Å². The van der Waals surface area contributed by atoms with E-state index in [0.717, 1.165) is 0 Å². The molecule has 1 nitrogen and oxygen atoms in total. The van der Waals surface area contributed by atoms with Gasteiger partial charge in [-0.2, -0.15) is 0 Å². The molecular formula is C17H30BN. The Bertz CT molecular complexity index is 328. The van der Waals surface area contributed by atoms with Gasteiger partial charge in [0.25, 0.3) is 0 Å². The Hall–Kier alpha value is -0.915. The number of unbranched alkanes of at least 4 members (excludes halogenated alkanes) is 4. The van der Waals surface area contributed by atoms with E-state index < -0.39 is 0 Å². The normalized spacial score (nSPS) is 10.9. The molecule has 0 saturated heterocycles. The lowest BCUT2D eigenvalue weighted by molar-refractivity contribution is 0.526. The van der Waals surface area contributed by atoms with Crippen LogP contribution in [0.3, 0.4) is 0 Å². The van der Waals surface area contributed by atoms with Gasteiger partial charge in [-0.05, 0) is 25.0 Å². The molecule has 1 aromatic rings. The zero-order chi connectivity index (χ0) is 13.9. The zero-order valence-corrected chi connectivity index (χ0v) is 13.0. The summed E-state index contributed by atoms with van der Waals surface area (Å²) in [5, 5.41) is 3.74. The predicted molar refractivity (Wildman–Crippen MR) is 90.3 cm³/mol. The first-order valence-corrected chi connectivity index (χ1v) is 8.09. The van der Waals surface area contributed by atoms with Crippen LogP contribution < -0.4 is 10.8 Å². The average molecular weight is 259 g/mol. The lowest BCUT2D eigenvalue weighted by Gasteiger charge is -2.20. The maximum Gasteiger partial charge on any atom is 0.139 e. The van der Waals surface area contributed by atoms with E-state index in [2.05, 4.69) is 51.3 Å². The van der Waals surface area contributed by atoms with Gasteiger partial charge in [-0.3, -0.25) is 0 Å². The molecule has 0 aromatic heterocycles. The highest BCUT2D eigenvalue weighted by atomic mass is 14.9. The molecule has 0 atom stereocenters. The summed E-state index contributed by atoms with van der Waals surface area (Å²) in [6, 6.07) is 9.41. The molecule has 1 aromatic carbocycles. The second-order valence-electron chi connectivity index (χ2n) is 5.70. The fraction of sp³-hybridized carbons (Fsp3) is 0.647. The lowest BCUT2D eigenvalue weighted by Crippen LogP contribution is -2.20. The zero-order valence-electron chi connectivity index (χ0n) is 13.0. The minimum atomic E-state index is 0.653. The van der Waals surface area contributed by atoms with Crippen molar-refractivity contribution in [3.8, 4) is 0 Å². The van der Waals surface area contributed by atoms with Crippen LogP contribution in [-0.4, -0.2) is 13.9 Å². The first kappa shape index (κ1) is 16.1. The maximum atomic E-state index is 3.74. The Morgan fingerprint density at radius 2 is 1.63 bits per heavy atom. The third-order valence-corrected chi connectivity index (χ3v) is 3.70. The van der Waals surface area contributed by atoms with Crippen molar-refractivity contribution in [3.05, 3.63) is 24.3 Å². The van der Waals surface area contributed by atoms with E-state index in [-0.39, 0.29) is 0 Å². The minimum absolute atomic E-state index is 0.653. The topological polar surface area (TPSA) is 12.0 Å². The van der Waals surface area contributed by atoms with Gasteiger partial charge >= 0.3 is 0 Å². The van der Waals surface area contributed by atoms with E-state index in [1.807, 2.05) is 0 Å². The maximum absolute atomic E-state index is 3.74. The molecule has 0 fully saturated rings. The van der Waals surface area contributed by atoms with Crippen molar-refractivity contribution in [1.82, 2.24) is 0 Å². The van der Waals surface area contributed by atoms with Gasteiger partial charge in [-0.25, -0.2) is 0 Å². The van der Waals surface area contributed by atoms with Gasteiger partial charge in [0, 0.05) is 11.7 Å². The molecule has 1 N–H and O–H groups in total. The molecule has 0 bridgehead atoms. The molecular weight excluding hydrogens is 229 g/mol. The Kier molecular flexibility index (Phi) is 8.45. The fourth-order valence-corrected chi connectivity index (χ4v) is 2.54. The Balaban J connectivity index is 2.46.